The monoisotopic (exact) mass is 302 g/mol. The lowest BCUT2D eigenvalue weighted by atomic mass is 10.0. The molecule has 16 heavy (non-hydrogen) atoms. The highest BCUT2D eigenvalue weighted by atomic mass is 79.9. The Morgan fingerprint density at radius 3 is 3.25 bits per heavy atom. The quantitative estimate of drug-likeness (QED) is 0.867. The first-order valence-corrected chi connectivity index (χ1v) is 7.12. The topological polar surface area (TPSA) is 48.1 Å². The molecule has 0 radical (unpaired) electrons. The van der Waals surface area contributed by atoms with Gasteiger partial charge in [0.2, 0.25) is 0 Å². The first-order chi connectivity index (χ1) is 7.77. The molecule has 2 unspecified atom stereocenters. The minimum absolute atomic E-state index is 0.196. The van der Waals surface area contributed by atoms with Gasteiger partial charge < -0.3 is 10.5 Å². The maximum atomic E-state index is 6.13. The number of hydrogen-bond donors (Lipinski definition) is 1. The van der Waals surface area contributed by atoms with Crippen molar-refractivity contribution in [3.8, 4) is 0 Å². The average Bonchev–Trinajstić information content (AvgIpc) is 2.81. The molecule has 1 saturated heterocycles. The second-order valence-corrected chi connectivity index (χ2v) is 5.75. The van der Waals surface area contributed by atoms with Crippen LogP contribution in [0, 0.1) is 5.92 Å². The smallest absolute Gasteiger partial charge is 0.110 e. The fourth-order valence-corrected chi connectivity index (χ4v) is 3.24. The number of thioether (sulfide) groups is 1. The molecular formula is C11H15BrN2OS. The van der Waals surface area contributed by atoms with Gasteiger partial charge in [0.25, 0.3) is 0 Å². The van der Waals surface area contributed by atoms with Crippen molar-refractivity contribution in [2.75, 3.05) is 19.0 Å². The summed E-state index contributed by atoms with van der Waals surface area (Å²) in [6.45, 7) is 1.67. The molecule has 2 heterocycles. The molecule has 0 bridgehead atoms. The van der Waals surface area contributed by atoms with Gasteiger partial charge in [-0.05, 0) is 34.5 Å². The predicted octanol–water partition coefficient (Wildman–Crippen LogP) is 2.30. The van der Waals surface area contributed by atoms with Gasteiger partial charge >= 0.3 is 0 Å². The Labute approximate surface area is 108 Å². The van der Waals surface area contributed by atoms with Crippen molar-refractivity contribution >= 4 is 27.7 Å². The zero-order valence-corrected chi connectivity index (χ0v) is 11.3. The van der Waals surface area contributed by atoms with E-state index in [0.717, 1.165) is 34.9 Å². The molecule has 5 heteroatoms. The van der Waals surface area contributed by atoms with Crippen LogP contribution in [0.3, 0.4) is 0 Å². The second kappa shape index (κ2) is 6.00. The Morgan fingerprint density at radius 2 is 2.56 bits per heavy atom. The van der Waals surface area contributed by atoms with E-state index in [-0.39, 0.29) is 6.04 Å². The van der Waals surface area contributed by atoms with Crippen molar-refractivity contribution in [3.05, 3.63) is 22.8 Å². The highest BCUT2D eigenvalue weighted by Gasteiger charge is 2.22. The standard InChI is InChI=1S/C11H15BrN2OS/c12-9-2-1-4-14-11(9)16-7-10(13)8-3-5-15-6-8/h1-2,4,8,10H,3,5-7,13H2. The molecule has 0 aliphatic carbocycles. The number of pyridine rings is 1. The summed E-state index contributed by atoms with van der Waals surface area (Å²) in [5.41, 5.74) is 6.13. The van der Waals surface area contributed by atoms with E-state index in [1.165, 1.54) is 0 Å². The highest BCUT2D eigenvalue weighted by Crippen LogP contribution is 2.27. The summed E-state index contributed by atoms with van der Waals surface area (Å²) in [6.07, 6.45) is 2.89. The first-order valence-electron chi connectivity index (χ1n) is 5.34. The van der Waals surface area contributed by atoms with E-state index in [9.17, 15) is 0 Å². The normalized spacial score (nSPS) is 22.2. The third-order valence-electron chi connectivity index (χ3n) is 2.71. The molecule has 2 atom stereocenters. The summed E-state index contributed by atoms with van der Waals surface area (Å²) in [7, 11) is 0. The van der Waals surface area contributed by atoms with Crippen LogP contribution in [-0.4, -0.2) is 30.0 Å². The molecule has 1 aromatic heterocycles. The Balaban J connectivity index is 1.84. The fraction of sp³-hybridized carbons (Fsp3) is 0.545. The Morgan fingerprint density at radius 1 is 1.69 bits per heavy atom. The molecule has 2 N–H and O–H groups in total. The average molecular weight is 303 g/mol. The molecule has 0 aromatic carbocycles. The van der Waals surface area contributed by atoms with E-state index in [2.05, 4.69) is 20.9 Å². The number of rotatable bonds is 4. The van der Waals surface area contributed by atoms with Gasteiger partial charge in [-0.1, -0.05) is 0 Å². The number of ether oxygens (including phenoxy) is 1. The van der Waals surface area contributed by atoms with Crippen LogP contribution >= 0.6 is 27.7 Å². The van der Waals surface area contributed by atoms with Crippen LogP contribution in [0.25, 0.3) is 0 Å². The number of halogens is 1. The molecular weight excluding hydrogens is 288 g/mol. The maximum absolute atomic E-state index is 6.13. The molecule has 0 saturated carbocycles. The van der Waals surface area contributed by atoms with E-state index in [1.807, 2.05) is 12.1 Å². The number of nitrogens with two attached hydrogens (primary N) is 1. The van der Waals surface area contributed by atoms with Gasteiger partial charge in [0, 0.05) is 35.0 Å². The molecule has 1 aliphatic heterocycles. The van der Waals surface area contributed by atoms with Gasteiger partial charge in [-0.25, -0.2) is 4.98 Å². The van der Waals surface area contributed by atoms with Crippen molar-refractivity contribution in [2.24, 2.45) is 11.7 Å². The minimum Gasteiger partial charge on any atom is -0.381 e. The van der Waals surface area contributed by atoms with Crippen molar-refractivity contribution in [1.82, 2.24) is 4.98 Å². The lowest BCUT2D eigenvalue weighted by Gasteiger charge is -2.16. The zero-order valence-electron chi connectivity index (χ0n) is 8.93. The lowest BCUT2D eigenvalue weighted by Crippen LogP contribution is -2.32. The SMILES string of the molecule is NC(CSc1ncccc1Br)C1CCOC1. The first kappa shape index (κ1) is 12.4. The van der Waals surface area contributed by atoms with Gasteiger partial charge in [-0.2, -0.15) is 0 Å². The van der Waals surface area contributed by atoms with Crippen LogP contribution in [-0.2, 0) is 4.74 Å². The van der Waals surface area contributed by atoms with Crippen LogP contribution in [0.15, 0.2) is 27.8 Å². The largest absolute Gasteiger partial charge is 0.381 e. The van der Waals surface area contributed by atoms with Crippen LogP contribution in [0.5, 0.6) is 0 Å². The van der Waals surface area contributed by atoms with Crippen molar-refractivity contribution in [2.45, 2.75) is 17.5 Å². The van der Waals surface area contributed by atoms with Crippen molar-refractivity contribution < 1.29 is 4.74 Å². The molecule has 1 fully saturated rings. The number of aromatic nitrogens is 1. The summed E-state index contributed by atoms with van der Waals surface area (Å²) in [5.74, 6) is 1.40. The molecule has 0 spiro atoms. The van der Waals surface area contributed by atoms with E-state index in [4.69, 9.17) is 10.5 Å². The van der Waals surface area contributed by atoms with Crippen LogP contribution < -0.4 is 5.73 Å². The van der Waals surface area contributed by atoms with Gasteiger partial charge in [0.05, 0.1) is 6.61 Å². The summed E-state index contributed by atoms with van der Waals surface area (Å²) < 4.78 is 6.38. The summed E-state index contributed by atoms with van der Waals surface area (Å²) in [6, 6.07) is 4.11. The zero-order chi connectivity index (χ0) is 11.4. The third-order valence-corrected chi connectivity index (χ3v) is 4.76. The molecule has 1 aromatic rings. The molecule has 1 aliphatic rings. The minimum atomic E-state index is 0.196. The summed E-state index contributed by atoms with van der Waals surface area (Å²) >= 11 is 5.18. The van der Waals surface area contributed by atoms with Gasteiger partial charge in [0.1, 0.15) is 5.03 Å². The fourth-order valence-electron chi connectivity index (χ4n) is 1.68. The summed E-state index contributed by atoms with van der Waals surface area (Å²) in [5, 5.41) is 1.01. The molecule has 2 rings (SSSR count). The van der Waals surface area contributed by atoms with Gasteiger partial charge in [-0.3, -0.25) is 0 Å². The van der Waals surface area contributed by atoms with Gasteiger partial charge in [0.15, 0.2) is 0 Å². The highest BCUT2D eigenvalue weighted by molar-refractivity contribution is 9.10. The van der Waals surface area contributed by atoms with Crippen molar-refractivity contribution in [1.29, 1.82) is 0 Å². The van der Waals surface area contributed by atoms with Gasteiger partial charge in [-0.15, -0.1) is 11.8 Å². The number of hydrogen-bond acceptors (Lipinski definition) is 4. The molecule has 3 nitrogen and oxygen atoms in total. The van der Waals surface area contributed by atoms with E-state index in [1.54, 1.807) is 18.0 Å². The lowest BCUT2D eigenvalue weighted by molar-refractivity contribution is 0.182. The Kier molecular flexibility index (Phi) is 4.64. The second-order valence-electron chi connectivity index (χ2n) is 3.89. The van der Waals surface area contributed by atoms with E-state index in [0.29, 0.717) is 5.92 Å². The number of nitrogens with zero attached hydrogens (tertiary/aromatic N) is 1. The Hall–Kier alpha value is -0.100. The summed E-state index contributed by atoms with van der Waals surface area (Å²) in [4.78, 5) is 4.31. The Bertz CT molecular complexity index is 345. The van der Waals surface area contributed by atoms with E-state index < -0.39 is 0 Å². The van der Waals surface area contributed by atoms with Crippen LogP contribution in [0.2, 0.25) is 0 Å². The van der Waals surface area contributed by atoms with Crippen LogP contribution in [0.4, 0.5) is 0 Å². The molecule has 88 valence electrons. The maximum Gasteiger partial charge on any atom is 0.110 e. The third kappa shape index (κ3) is 3.20. The molecule has 0 amide bonds. The van der Waals surface area contributed by atoms with Crippen molar-refractivity contribution in [3.63, 3.8) is 0 Å². The predicted molar refractivity (Wildman–Crippen MR) is 69.6 cm³/mol. The van der Waals surface area contributed by atoms with Crippen LogP contribution in [0.1, 0.15) is 6.42 Å². The van der Waals surface area contributed by atoms with E-state index >= 15 is 0 Å².